The molecule has 2 heterocycles. The molecule has 0 bridgehead atoms. The lowest BCUT2D eigenvalue weighted by Gasteiger charge is -1.99. The summed E-state index contributed by atoms with van der Waals surface area (Å²) in [5.74, 6) is 0. The van der Waals surface area contributed by atoms with E-state index in [4.69, 9.17) is 5.26 Å². The first-order valence-electron chi connectivity index (χ1n) is 4.20. The number of rotatable bonds is 2. The number of hydrogen-bond donors (Lipinski definition) is 0. The summed E-state index contributed by atoms with van der Waals surface area (Å²) in [6.07, 6.45) is 4.96. The summed E-state index contributed by atoms with van der Waals surface area (Å²) < 4.78 is 0. The van der Waals surface area contributed by atoms with E-state index in [9.17, 15) is 0 Å². The molecule has 0 amide bonds. The predicted octanol–water partition coefficient (Wildman–Crippen LogP) is 1.89. The van der Waals surface area contributed by atoms with Crippen LogP contribution in [0.1, 0.15) is 5.56 Å². The van der Waals surface area contributed by atoms with Crippen LogP contribution in [-0.2, 0) is 0 Å². The first-order valence-corrected chi connectivity index (χ1v) is 5.02. The van der Waals surface area contributed by atoms with Gasteiger partial charge in [-0.1, -0.05) is 0 Å². The summed E-state index contributed by atoms with van der Waals surface area (Å²) >= 11 is 1.28. The number of nitriles is 1. The topological polar surface area (TPSA) is 62.5 Å². The van der Waals surface area contributed by atoms with E-state index in [0.29, 0.717) is 15.7 Å². The highest BCUT2D eigenvalue weighted by Crippen LogP contribution is 2.24. The van der Waals surface area contributed by atoms with Crippen LogP contribution in [0.4, 0.5) is 0 Å². The second kappa shape index (κ2) is 4.53. The van der Waals surface area contributed by atoms with Gasteiger partial charge < -0.3 is 0 Å². The van der Waals surface area contributed by atoms with E-state index in [-0.39, 0.29) is 0 Å². The largest absolute Gasteiger partial charge is 0.248 e. The molecular weight excluding hydrogens is 208 g/mol. The van der Waals surface area contributed by atoms with Crippen molar-refractivity contribution < 1.29 is 0 Å². The first-order chi connectivity index (χ1) is 7.40. The second-order valence-electron chi connectivity index (χ2n) is 2.60. The van der Waals surface area contributed by atoms with E-state index in [2.05, 4.69) is 21.0 Å². The Morgan fingerprint density at radius 1 is 1.07 bits per heavy atom. The third kappa shape index (κ3) is 2.30. The summed E-state index contributed by atoms with van der Waals surface area (Å²) in [5.41, 5.74) is 0.537. The van der Waals surface area contributed by atoms with Gasteiger partial charge in [0.1, 0.15) is 11.1 Å². The lowest BCUT2D eigenvalue weighted by atomic mass is 10.3. The smallest absolute Gasteiger partial charge is 0.193 e. The first kappa shape index (κ1) is 9.62. The van der Waals surface area contributed by atoms with Crippen molar-refractivity contribution in [2.45, 2.75) is 10.2 Å². The highest BCUT2D eigenvalue weighted by atomic mass is 32.2. The molecule has 5 heteroatoms. The molecular formula is C10H6N4S. The molecule has 0 saturated heterocycles. The van der Waals surface area contributed by atoms with Gasteiger partial charge in [-0.05, 0) is 30.0 Å². The Morgan fingerprint density at radius 2 is 1.80 bits per heavy atom. The zero-order chi connectivity index (χ0) is 10.5. The van der Waals surface area contributed by atoms with Crippen LogP contribution in [0.5, 0.6) is 0 Å². The van der Waals surface area contributed by atoms with Gasteiger partial charge in [-0.25, -0.2) is 15.0 Å². The standard InChI is InChI=1S/C10H6N4S/c11-7-8-3-1-4-12-9(8)15-10-13-5-2-6-14-10/h1-6H. The number of pyridine rings is 1. The van der Waals surface area contributed by atoms with Crippen molar-refractivity contribution in [1.29, 1.82) is 5.26 Å². The van der Waals surface area contributed by atoms with Gasteiger partial charge in [-0.3, -0.25) is 0 Å². The Labute approximate surface area is 91.0 Å². The van der Waals surface area contributed by atoms with E-state index in [1.165, 1.54) is 11.8 Å². The zero-order valence-corrected chi connectivity index (χ0v) is 8.48. The lowest BCUT2D eigenvalue weighted by Crippen LogP contribution is -1.88. The molecule has 0 unspecified atom stereocenters. The van der Waals surface area contributed by atoms with E-state index in [1.807, 2.05) is 0 Å². The van der Waals surface area contributed by atoms with E-state index < -0.39 is 0 Å². The maximum absolute atomic E-state index is 8.85. The summed E-state index contributed by atoms with van der Waals surface area (Å²) in [6, 6.07) is 7.27. The van der Waals surface area contributed by atoms with E-state index in [1.54, 1.807) is 36.8 Å². The van der Waals surface area contributed by atoms with Crippen LogP contribution in [0.2, 0.25) is 0 Å². The fourth-order valence-electron chi connectivity index (χ4n) is 0.982. The molecule has 0 fully saturated rings. The van der Waals surface area contributed by atoms with E-state index in [0.717, 1.165) is 0 Å². The Hall–Kier alpha value is -1.93. The molecule has 0 radical (unpaired) electrons. The minimum absolute atomic E-state index is 0.537. The maximum Gasteiger partial charge on any atom is 0.193 e. The minimum atomic E-state index is 0.537. The highest BCUT2D eigenvalue weighted by Gasteiger charge is 2.05. The maximum atomic E-state index is 8.85. The van der Waals surface area contributed by atoms with Crippen LogP contribution >= 0.6 is 11.8 Å². The normalized spacial score (nSPS) is 9.53. The van der Waals surface area contributed by atoms with E-state index >= 15 is 0 Å². The average molecular weight is 214 g/mol. The van der Waals surface area contributed by atoms with Gasteiger partial charge in [-0.2, -0.15) is 5.26 Å². The third-order valence-corrected chi connectivity index (χ3v) is 2.53. The number of hydrogen-bond acceptors (Lipinski definition) is 5. The molecule has 0 aliphatic rings. The minimum Gasteiger partial charge on any atom is -0.248 e. The molecule has 0 aromatic carbocycles. The Kier molecular flexibility index (Phi) is 2.90. The van der Waals surface area contributed by atoms with Crippen molar-refractivity contribution in [3.63, 3.8) is 0 Å². The molecule has 0 atom stereocenters. The Bertz CT molecular complexity index is 492. The van der Waals surface area contributed by atoms with Gasteiger partial charge in [0.15, 0.2) is 5.16 Å². The summed E-state index contributed by atoms with van der Waals surface area (Å²) in [4.78, 5) is 12.2. The molecule has 0 saturated carbocycles. The molecule has 0 spiro atoms. The van der Waals surface area contributed by atoms with Crippen molar-refractivity contribution in [2.24, 2.45) is 0 Å². The fourth-order valence-corrected chi connectivity index (χ4v) is 1.72. The van der Waals surface area contributed by atoms with Crippen LogP contribution in [0.25, 0.3) is 0 Å². The Balaban J connectivity index is 2.29. The highest BCUT2D eigenvalue weighted by molar-refractivity contribution is 7.99. The van der Waals surface area contributed by atoms with Crippen molar-refractivity contribution in [2.75, 3.05) is 0 Å². The fraction of sp³-hybridized carbons (Fsp3) is 0. The van der Waals surface area contributed by atoms with Gasteiger partial charge in [0.05, 0.1) is 5.56 Å². The summed E-state index contributed by atoms with van der Waals surface area (Å²) in [7, 11) is 0. The molecule has 2 aromatic heterocycles. The van der Waals surface area contributed by atoms with Crippen molar-refractivity contribution in [3.8, 4) is 6.07 Å². The molecule has 4 nitrogen and oxygen atoms in total. The second-order valence-corrected chi connectivity index (χ2v) is 3.56. The molecule has 2 aromatic rings. The lowest BCUT2D eigenvalue weighted by molar-refractivity contribution is 0.959. The predicted molar refractivity (Wildman–Crippen MR) is 55.1 cm³/mol. The zero-order valence-electron chi connectivity index (χ0n) is 7.66. The van der Waals surface area contributed by atoms with Crippen LogP contribution in [0.3, 0.4) is 0 Å². The van der Waals surface area contributed by atoms with Gasteiger partial charge >= 0.3 is 0 Å². The quantitative estimate of drug-likeness (QED) is 0.714. The van der Waals surface area contributed by atoms with Gasteiger partial charge in [0.25, 0.3) is 0 Å². The molecule has 0 aliphatic carbocycles. The van der Waals surface area contributed by atoms with Crippen LogP contribution in [0.15, 0.2) is 47.0 Å². The van der Waals surface area contributed by atoms with Crippen LogP contribution < -0.4 is 0 Å². The molecule has 15 heavy (non-hydrogen) atoms. The van der Waals surface area contributed by atoms with Crippen LogP contribution in [0, 0.1) is 11.3 Å². The average Bonchev–Trinajstić information content (AvgIpc) is 2.31. The van der Waals surface area contributed by atoms with Crippen LogP contribution in [-0.4, -0.2) is 15.0 Å². The molecule has 72 valence electrons. The summed E-state index contributed by atoms with van der Waals surface area (Å²) in [6.45, 7) is 0. The van der Waals surface area contributed by atoms with Crippen molar-refractivity contribution in [1.82, 2.24) is 15.0 Å². The van der Waals surface area contributed by atoms with Gasteiger partial charge in [0, 0.05) is 18.6 Å². The monoisotopic (exact) mass is 214 g/mol. The van der Waals surface area contributed by atoms with Gasteiger partial charge in [0.2, 0.25) is 0 Å². The number of nitrogens with zero attached hydrogens (tertiary/aromatic N) is 4. The number of aromatic nitrogens is 3. The van der Waals surface area contributed by atoms with Crippen molar-refractivity contribution in [3.05, 3.63) is 42.4 Å². The molecule has 0 N–H and O–H groups in total. The molecule has 2 rings (SSSR count). The summed E-state index contributed by atoms with van der Waals surface area (Å²) in [5, 5.41) is 10.1. The van der Waals surface area contributed by atoms with Crippen molar-refractivity contribution >= 4 is 11.8 Å². The third-order valence-electron chi connectivity index (χ3n) is 1.62. The molecule has 0 aliphatic heterocycles. The van der Waals surface area contributed by atoms with Gasteiger partial charge in [-0.15, -0.1) is 0 Å². The SMILES string of the molecule is N#Cc1cccnc1Sc1ncccn1. The Morgan fingerprint density at radius 3 is 2.53 bits per heavy atom.